The molecule has 8 rings (SSSR count). The van der Waals surface area contributed by atoms with Gasteiger partial charge in [0.2, 0.25) is 0 Å². The maximum atomic E-state index is 6.93. The summed E-state index contributed by atoms with van der Waals surface area (Å²) in [6.45, 7) is 16.6. The third kappa shape index (κ3) is 7.54. The number of nitrogens with zero attached hydrogens (tertiary/aromatic N) is 5. The van der Waals surface area contributed by atoms with E-state index in [9.17, 15) is 0 Å². The van der Waals surface area contributed by atoms with E-state index in [-0.39, 0.29) is 23.7 Å². The molecule has 0 radical (unpaired) electrons. The number of fused-ring (bicyclic) bond motifs is 3. The Morgan fingerprint density at radius 2 is 1.82 bits per heavy atom. The molecule has 12 heteroatoms. The Balaban J connectivity index is 0.932. The molecule has 1 aliphatic carbocycles. The van der Waals surface area contributed by atoms with Crippen LogP contribution in [0.25, 0.3) is 22.1 Å². The summed E-state index contributed by atoms with van der Waals surface area (Å²) < 4.78 is 33.2. The van der Waals surface area contributed by atoms with Crippen LogP contribution in [-0.2, 0) is 32.6 Å². The number of rotatable bonds is 13. The molecule has 2 aliphatic heterocycles. The highest BCUT2D eigenvalue weighted by molar-refractivity contribution is 5.87. The van der Waals surface area contributed by atoms with Gasteiger partial charge in [0.05, 0.1) is 30.6 Å². The molecular weight excluding hydrogens is 695 g/mol. The quantitative estimate of drug-likeness (QED) is 0.123. The van der Waals surface area contributed by atoms with Gasteiger partial charge in [0.25, 0.3) is 0 Å². The van der Waals surface area contributed by atoms with Crippen LogP contribution in [0.4, 0.5) is 5.82 Å². The molecule has 294 valence electrons. The third-order valence-electron chi connectivity index (χ3n) is 11.8. The van der Waals surface area contributed by atoms with E-state index in [1.165, 1.54) is 18.4 Å². The minimum atomic E-state index is -0.715. The van der Waals surface area contributed by atoms with Gasteiger partial charge >= 0.3 is 0 Å². The second-order valence-electron chi connectivity index (χ2n) is 17.3. The number of hydrogen-bond acceptors (Lipinski definition) is 10. The highest BCUT2D eigenvalue weighted by Crippen LogP contribution is 2.45. The van der Waals surface area contributed by atoms with Gasteiger partial charge in [0.1, 0.15) is 53.4 Å². The lowest BCUT2D eigenvalue weighted by Gasteiger charge is -2.46. The highest BCUT2D eigenvalue weighted by atomic mass is 16.8. The molecule has 5 heterocycles. The molecule has 3 fully saturated rings. The molecule has 0 spiro atoms. The lowest BCUT2D eigenvalue weighted by molar-refractivity contribution is -0.199. The molecule has 2 aromatic carbocycles. The van der Waals surface area contributed by atoms with Crippen LogP contribution in [-0.4, -0.2) is 86.3 Å². The number of aryl methyl sites for hydroxylation is 1. The first kappa shape index (κ1) is 37.7. The Kier molecular flexibility index (Phi) is 10.1. The maximum Gasteiger partial charge on any atom is 0.164 e. The number of H-pyrrole nitrogens is 1. The number of anilines is 1. The van der Waals surface area contributed by atoms with E-state index in [1.54, 1.807) is 20.5 Å². The molecule has 12 nitrogen and oxygen atoms in total. The zero-order chi connectivity index (χ0) is 38.6. The van der Waals surface area contributed by atoms with Gasteiger partial charge in [-0.05, 0) is 94.2 Å². The van der Waals surface area contributed by atoms with Crippen molar-refractivity contribution in [3.8, 4) is 11.5 Å². The fraction of sp³-hybridized carbons (Fsp3) is 0.558. The van der Waals surface area contributed by atoms with Crippen LogP contribution in [0.1, 0.15) is 90.9 Å². The Hall–Kier alpha value is -4.23. The van der Waals surface area contributed by atoms with Crippen LogP contribution < -0.4 is 14.8 Å². The number of imidazole rings is 1. The van der Waals surface area contributed by atoms with Crippen molar-refractivity contribution in [2.75, 3.05) is 26.1 Å². The summed E-state index contributed by atoms with van der Waals surface area (Å²) in [5.41, 5.74) is 5.38. The minimum absolute atomic E-state index is 0.108. The fourth-order valence-corrected chi connectivity index (χ4v) is 8.70. The van der Waals surface area contributed by atoms with E-state index in [0.29, 0.717) is 24.5 Å². The van der Waals surface area contributed by atoms with E-state index in [2.05, 4.69) is 77.6 Å². The van der Waals surface area contributed by atoms with Crippen LogP contribution in [0.5, 0.6) is 11.5 Å². The van der Waals surface area contributed by atoms with E-state index in [4.69, 9.17) is 33.7 Å². The van der Waals surface area contributed by atoms with Crippen molar-refractivity contribution < 1.29 is 23.7 Å². The summed E-state index contributed by atoms with van der Waals surface area (Å²) in [5, 5.41) is 4.39. The molecule has 4 atom stereocenters. The van der Waals surface area contributed by atoms with E-state index < -0.39 is 12.0 Å². The Bertz CT molecular complexity index is 2130. The molecule has 0 bridgehead atoms. The van der Waals surface area contributed by atoms with Gasteiger partial charge in [-0.2, -0.15) is 0 Å². The number of aromatic amines is 1. The predicted molar refractivity (Wildman–Crippen MR) is 214 cm³/mol. The maximum absolute atomic E-state index is 6.93. The average Bonchev–Trinajstić information content (AvgIpc) is 3.90. The number of hydrogen-bond donors (Lipinski definition) is 2. The van der Waals surface area contributed by atoms with Gasteiger partial charge in [0.15, 0.2) is 12.0 Å². The minimum Gasteiger partial charge on any atom is -0.497 e. The van der Waals surface area contributed by atoms with Crippen molar-refractivity contribution in [3.63, 3.8) is 0 Å². The molecule has 2 saturated heterocycles. The largest absolute Gasteiger partial charge is 0.497 e. The number of benzene rings is 2. The number of aromatic nitrogens is 5. The summed E-state index contributed by atoms with van der Waals surface area (Å²) >= 11 is 0. The first-order chi connectivity index (χ1) is 26.3. The first-order valence-electron chi connectivity index (χ1n) is 19.8. The normalized spacial score (nSPS) is 24.9. The molecule has 5 aromatic rings. The lowest BCUT2D eigenvalue weighted by Crippen LogP contribution is -2.52. The smallest absolute Gasteiger partial charge is 0.164 e. The van der Waals surface area contributed by atoms with Crippen molar-refractivity contribution in [1.29, 1.82) is 0 Å². The monoisotopic (exact) mass is 751 g/mol. The van der Waals surface area contributed by atoms with Gasteiger partial charge in [-0.3, -0.25) is 4.90 Å². The summed E-state index contributed by atoms with van der Waals surface area (Å²) in [5.74, 6) is 3.28. The summed E-state index contributed by atoms with van der Waals surface area (Å²) in [7, 11) is 3.31. The fourth-order valence-electron chi connectivity index (χ4n) is 8.70. The Labute approximate surface area is 324 Å². The van der Waals surface area contributed by atoms with E-state index in [0.717, 1.165) is 70.2 Å². The second-order valence-corrected chi connectivity index (χ2v) is 17.3. The Morgan fingerprint density at radius 3 is 2.56 bits per heavy atom. The molecule has 1 saturated carbocycles. The second kappa shape index (κ2) is 14.7. The van der Waals surface area contributed by atoms with Crippen LogP contribution in [0.15, 0.2) is 55.0 Å². The molecule has 0 unspecified atom stereocenters. The number of ether oxygens (including phenoxy) is 5. The van der Waals surface area contributed by atoms with Crippen LogP contribution in [0.3, 0.4) is 0 Å². The molecule has 3 aromatic heterocycles. The van der Waals surface area contributed by atoms with Crippen molar-refractivity contribution in [2.24, 2.45) is 5.92 Å². The first-order valence-corrected chi connectivity index (χ1v) is 19.8. The van der Waals surface area contributed by atoms with Crippen LogP contribution in [0.2, 0.25) is 0 Å². The zero-order valence-corrected chi connectivity index (χ0v) is 33.8. The van der Waals surface area contributed by atoms with E-state index in [1.807, 2.05) is 44.3 Å². The van der Waals surface area contributed by atoms with Crippen LogP contribution in [0, 0.1) is 5.92 Å². The summed E-state index contributed by atoms with van der Waals surface area (Å²) in [4.78, 5) is 20.5. The van der Waals surface area contributed by atoms with Gasteiger partial charge in [-0.25, -0.2) is 15.0 Å². The summed E-state index contributed by atoms with van der Waals surface area (Å²) in [6, 6.07) is 15.4. The lowest BCUT2D eigenvalue weighted by atomic mass is 9.76. The van der Waals surface area contributed by atoms with Crippen molar-refractivity contribution in [1.82, 2.24) is 29.4 Å². The zero-order valence-electron chi connectivity index (χ0n) is 33.8. The van der Waals surface area contributed by atoms with Crippen LogP contribution >= 0.6 is 0 Å². The summed E-state index contributed by atoms with van der Waals surface area (Å²) in [6.07, 6.45) is 7.04. The van der Waals surface area contributed by atoms with Gasteiger partial charge < -0.3 is 38.6 Å². The predicted octanol–water partition coefficient (Wildman–Crippen LogP) is 7.77. The molecule has 55 heavy (non-hydrogen) atoms. The van der Waals surface area contributed by atoms with E-state index >= 15 is 0 Å². The SMILES string of the molecule is COc1ccc(CNc2ncnc3c2ccn3[C@@H]2O[C@H](CN(C(C)C)C3CC(CCc4nc5cc(C(C)(C)C)ccc5[nH]4)C3)[C@H]3OC(C)(C)O[C@@H]32)c(OC)c1. The van der Waals surface area contributed by atoms with Gasteiger partial charge in [-0.15, -0.1) is 0 Å². The van der Waals surface area contributed by atoms with Gasteiger partial charge in [-0.1, -0.05) is 26.8 Å². The number of methoxy groups -OCH3 is 2. The van der Waals surface area contributed by atoms with Crippen molar-refractivity contribution in [3.05, 3.63) is 71.9 Å². The average molecular weight is 752 g/mol. The molecule has 3 aliphatic rings. The molecule has 0 amide bonds. The van der Waals surface area contributed by atoms with Gasteiger partial charge in [0, 0.05) is 49.4 Å². The van der Waals surface area contributed by atoms with Crippen molar-refractivity contribution in [2.45, 2.75) is 129 Å². The Morgan fingerprint density at radius 1 is 1.02 bits per heavy atom. The van der Waals surface area contributed by atoms with Crippen molar-refractivity contribution >= 4 is 27.9 Å². The molecule has 2 N–H and O–H groups in total. The molecular formula is C43H57N7O5. The third-order valence-corrected chi connectivity index (χ3v) is 11.8. The topological polar surface area (TPSA) is 121 Å². The number of nitrogens with one attached hydrogen (secondary N) is 2. The highest BCUT2D eigenvalue weighted by Gasteiger charge is 2.56. The standard InChI is InChI=1S/C43H57N7O5/c1-25(2)50(29-18-26(19-29)10-15-36-47-32-14-12-28(42(3,4)5)20-33(32)48-36)23-35-37-38(55-43(6,7)54-37)41(53-35)49-17-16-31-39(45-24-46-40(31)49)44-22-27-11-13-30(51-8)21-34(27)52-9/h11-14,16-17,20-21,24-26,29,35,37-38,41H,10,15,18-19,22-23H2,1-9H3,(H,47,48)(H,44,45,46)/t26?,29?,35-,37-,38+,41-/m1/s1.